The number of hydrogen-bond donors (Lipinski definition) is 1. The SMILES string of the molecule is N#CN=C(NN1CCC1)N1C[CH]CC1. The van der Waals surface area contributed by atoms with Crippen LogP contribution in [0.5, 0.6) is 0 Å². The molecule has 2 heterocycles. The summed E-state index contributed by atoms with van der Waals surface area (Å²) >= 11 is 0. The molecule has 0 aromatic carbocycles. The number of nitriles is 1. The van der Waals surface area contributed by atoms with Gasteiger partial charge < -0.3 is 4.90 Å². The van der Waals surface area contributed by atoms with Crippen LogP contribution in [-0.4, -0.2) is 42.0 Å². The van der Waals surface area contributed by atoms with Crippen molar-refractivity contribution in [3.05, 3.63) is 6.42 Å². The number of likely N-dealkylation sites (tertiary alicyclic amines) is 1. The number of hydrogen-bond acceptors (Lipinski definition) is 3. The van der Waals surface area contributed by atoms with E-state index in [9.17, 15) is 0 Å². The summed E-state index contributed by atoms with van der Waals surface area (Å²) in [6.07, 6.45) is 6.34. The van der Waals surface area contributed by atoms with Crippen LogP contribution < -0.4 is 5.43 Å². The first kappa shape index (κ1) is 9.28. The minimum atomic E-state index is 0.695. The van der Waals surface area contributed by atoms with Crippen LogP contribution in [0.1, 0.15) is 12.8 Å². The molecule has 0 aliphatic carbocycles. The average molecular weight is 192 g/mol. The summed E-state index contributed by atoms with van der Waals surface area (Å²) in [7, 11) is 0. The molecule has 5 nitrogen and oxygen atoms in total. The van der Waals surface area contributed by atoms with Crippen molar-refractivity contribution in [1.29, 1.82) is 5.26 Å². The van der Waals surface area contributed by atoms with Crippen LogP contribution in [0.2, 0.25) is 0 Å². The van der Waals surface area contributed by atoms with Crippen LogP contribution in [0.25, 0.3) is 0 Å². The molecule has 0 aromatic rings. The molecular weight excluding hydrogens is 178 g/mol. The summed E-state index contributed by atoms with van der Waals surface area (Å²) in [5.74, 6) is 0.695. The molecule has 0 amide bonds. The maximum absolute atomic E-state index is 8.57. The molecule has 1 N–H and O–H groups in total. The van der Waals surface area contributed by atoms with Crippen LogP contribution in [-0.2, 0) is 0 Å². The molecule has 0 spiro atoms. The molecule has 5 heteroatoms. The first-order chi connectivity index (χ1) is 6.90. The van der Waals surface area contributed by atoms with Crippen LogP contribution in [0.3, 0.4) is 0 Å². The van der Waals surface area contributed by atoms with Gasteiger partial charge in [0.05, 0.1) is 0 Å². The van der Waals surface area contributed by atoms with Gasteiger partial charge in [-0.3, -0.25) is 5.43 Å². The van der Waals surface area contributed by atoms with E-state index >= 15 is 0 Å². The van der Waals surface area contributed by atoms with Crippen LogP contribution in [0.4, 0.5) is 0 Å². The van der Waals surface area contributed by atoms with Gasteiger partial charge in [-0.1, -0.05) is 0 Å². The molecule has 0 aromatic heterocycles. The number of hydrazine groups is 1. The van der Waals surface area contributed by atoms with E-state index in [4.69, 9.17) is 5.26 Å². The van der Waals surface area contributed by atoms with Gasteiger partial charge in [-0.25, -0.2) is 5.01 Å². The van der Waals surface area contributed by atoms with E-state index in [1.54, 1.807) is 0 Å². The Morgan fingerprint density at radius 3 is 2.79 bits per heavy atom. The Balaban J connectivity index is 1.92. The topological polar surface area (TPSA) is 54.7 Å². The number of aliphatic imine (C=N–C) groups is 1. The fourth-order valence-electron chi connectivity index (χ4n) is 1.56. The summed E-state index contributed by atoms with van der Waals surface area (Å²) in [5, 5.41) is 10.6. The molecule has 0 unspecified atom stereocenters. The Morgan fingerprint density at radius 1 is 1.43 bits per heavy atom. The zero-order chi connectivity index (χ0) is 9.80. The third kappa shape index (κ3) is 1.96. The molecule has 75 valence electrons. The average Bonchev–Trinajstić information content (AvgIpc) is 2.61. The second-order valence-electron chi connectivity index (χ2n) is 3.51. The van der Waals surface area contributed by atoms with Gasteiger partial charge in [0.25, 0.3) is 0 Å². The Bertz CT molecular complexity index is 257. The molecule has 14 heavy (non-hydrogen) atoms. The lowest BCUT2D eigenvalue weighted by Crippen LogP contribution is -2.54. The molecule has 2 aliphatic rings. The van der Waals surface area contributed by atoms with Gasteiger partial charge in [-0.05, 0) is 19.3 Å². The van der Waals surface area contributed by atoms with Gasteiger partial charge >= 0.3 is 0 Å². The quantitative estimate of drug-likeness (QED) is 0.359. The van der Waals surface area contributed by atoms with Gasteiger partial charge in [0.1, 0.15) is 0 Å². The zero-order valence-electron chi connectivity index (χ0n) is 8.11. The fraction of sp³-hybridized carbons (Fsp3) is 0.667. The Kier molecular flexibility index (Phi) is 2.84. The van der Waals surface area contributed by atoms with Crippen LogP contribution in [0.15, 0.2) is 4.99 Å². The Labute approximate surface area is 84.0 Å². The highest BCUT2D eigenvalue weighted by molar-refractivity contribution is 5.80. The molecule has 0 saturated carbocycles. The van der Waals surface area contributed by atoms with E-state index in [2.05, 4.69) is 26.7 Å². The van der Waals surface area contributed by atoms with Gasteiger partial charge in [-0.15, -0.1) is 4.99 Å². The molecule has 0 bridgehead atoms. The van der Waals surface area contributed by atoms with Crippen molar-refractivity contribution in [2.45, 2.75) is 12.8 Å². The van der Waals surface area contributed by atoms with Crippen molar-refractivity contribution in [3.63, 3.8) is 0 Å². The first-order valence-electron chi connectivity index (χ1n) is 4.95. The van der Waals surface area contributed by atoms with E-state index in [-0.39, 0.29) is 0 Å². The number of nitrogens with one attached hydrogen (secondary N) is 1. The summed E-state index contributed by atoms with van der Waals surface area (Å²) in [4.78, 5) is 5.89. The smallest absolute Gasteiger partial charge is 0.224 e. The van der Waals surface area contributed by atoms with Crippen molar-refractivity contribution in [2.24, 2.45) is 4.99 Å². The van der Waals surface area contributed by atoms with E-state index < -0.39 is 0 Å². The highest BCUT2D eigenvalue weighted by Crippen LogP contribution is 2.08. The third-order valence-electron chi connectivity index (χ3n) is 2.52. The molecule has 1 radical (unpaired) electrons. The van der Waals surface area contributed by atoms with Gasteiger partial charge in [-0.2, -0.15) is 5.26 Å². The van der Waals surface area contributed by atoms with Gasteiger partial charge in [0, 0.05) is 26.2 Å². The van der Waals surface area contributed by atoms with Gasteiger partial charge in [0.15, 0.2) is 0 Å². The van der Waals surface area contributed by atoms with Crippen molar-refractivity contribution in [2.75, 3.05) is 26.2 Å². The highest BCUT2D eigenvalue weighted by atomic mass is 15.6. The lowest BCUT2D eigenvalue weighted by atomic mass is 10.3. The monoisotopic (exact) mass is 192 g/mol. The predicted octanol–water partition coefficient (Wildman–Crippen LogP) is -0.0562. The molecular formula is C9H14N5. The van der Waals surface area contributed by atoms with Crippen molar-refractivity contribution < 1.29 is 0 Å². The van der Waals surface area contributed by atoms with E-state index in [1.165, 1.54) is 6.42 Å². The minimum absolute atomic E-state index is 0.695. The normalized spacial score (nSPS) is 23.1. The Morgan fingerprint density at radius 2 is 2.29 bits per heavy atom. The second kappa shape index (κ2) is 4.29. The van der Waals surface area contributed by atoms with E-state index in [0.717, 1.165) is 32.6 Å². The molecule has 0 atom stereocenters. The standard InChI is InChI=1S/C9H14N5/c10-8-11-9(12-14-6-3-7-14)13-4-1-2-5-13/h1H,2-7H2,(H,11,12). The van der Waals surface area contributed by atoms with Crippen molar-refractivity contribution >= 4 is 5.96 Å². The maximum atomic E-state index is 8.57. The molecule has 2 fully saturated rings. The zero-order valence-corrected chi connectivity index (χ0v) is 8.11. The number of rotatable bonds is 1. The molecule has 2 saturated heterocycles. The Hall–Kier alpha value is -1.28. The van der Waals surface area contributed by atoms with E-state index in [0.29, 0.717) is 5.96 Å². The second-order valence-corrected chi connectivity index (χ2v) is 3.51. The van der Waals surface area contributed by atoms with Gasteiger partial charge in [0.2, 0.25) is 12.2 Å². The number of guanidine groups is 1. The number of nitrogens with zero attached hydrogens (tertiary/aromatic N) is 4. The van der Waals surface area contributed by atoms with Crippen molar-refractivity contribution in [3.8, 4) is 6.19 Å². The van der Waals surface area contributed by atoms with E-state index in [1.807, 2.05) is 6.19 Å². The van der Waals surface area contributed by atoms with Crippen LogP contribution in [0, 0.1) is 17.9 Å². The lowest BCUT2D eigenvalue weighted by molar-refractivity contribution is 0.138. The first-order valence-corrected chi connectivity index (χ1v) is 4.95. The summed E-state index contributed by atoms with van der Waals surface area (Å²) in [6.45, 7) is 3.94. The predicted molar refractivity (Wildman–Crippen MR) is 52.9 cm³/mol. The minimum Gasteiger partial charge on any atom is -0.341 e. The largest absolute Gasteiger partial charge is 0.341 e. The summed E-state index contributed by atoms with van der Waals surface area (Å²) in [5.41, 5.74) is 3.16. The molecule has 2 aliphatic heterocycles. The van der Waals surface area contributed by atoms with Crippen molar-refractivity contribution in [1.82, 2.24) is 15.3 Å². The van der Waals surface area contributed by atoms with Crippen LogP contribution >= 0.6 is 0 Å². The maximum Gasteiger partial charge on any atom is 0.224 e. The lowest BCUT2D eigenvalue weighted by Gasteiger charge is -2.34. The fourth-order valence-corrected chi connectivity index (χ4v) is 1.56. The summed E-state index contributed by atoms with van der Waals surface area (Å²) < 4.78 is 0. The highest BCUT2D eigenvalue weighted by Gasteiger charge is 2.21. The third-order valence-corrected chi connectivity index (χ3v) is 2.52. The summed E-state index contributed by atoms with van der Waals surface area (Å²) in [6, 6.07) is 0. The molecule has 2 rings (SSSR count).